The zero-order chi connectivity index (χ0) is 12.4. The predicted molar refractivity (Wildman–Crippen MR) is 62.3 cm³/mol. The van der Waals surface area contributed by atoms with Crippen molar-refractivity contribution in [1.29, 1.82) is 0 Å². The summed E-state index contributed by atoms with van der Waals surface area (Å²) in [6.45, 7) is 3.04. The van der Waals surface area contributed by atoms with Crippen LogP contribution in [0.1, 0.15) is 23.7 Å². The minimum absolute atomic E-state index is 0.0213. The summed E-state index contributed by atoms with van der Waals surface area (Å²) in [5.74, 6) is -1.36. The highest BCUT2D eigenvalue weighted by Gasteiger charge is 2.19. The highest BCUT2D eigenvalue weighted by molar-refractivity contribution is 5.76. The summed E-state index contributed by atoms with van der Waals surface area (Å²) in [6.07, 6.45) is 3.28. The first-order chi connectivity index (χ1) is 8.11. The van der Waals surface area contributed by atoms with Gasteiger partial charge in [-0.25, -0.2) is 8.78 Å². The molecule has 1 aliphatic rings. The van der Waals surface area contributed by atoms with E-state index in [-0.39, 0.29) is 11.3 Å². The van der Waals surface area contributed by atoms with Gasteiger partial charge in [0.1, 0.15) is 23.6 Å². The van der Waals surface area contributed by atoms with Crippen molar-refractivity contribution in [3.05, 3.63) is 41.0 Å². The van der Waals surface area contributed by atoms with Gasteiger partial charge in [0, 0.05) is 18.7 Å². The Hall–Kier alpha value is -1.71. The van der Waals surface area contributed by atoms with Crippen molar-refractivity contribution >= 4 is 12.0 Å². The smallest absolute Gasteiger partial charge is 0.150 e. The van der Waals surface area contributed by atoms with E-state index in [2.05, 4.69) is 6.08 Å². The van der Waals surface area contributed by atoms with Gasteiger partial charge in [0.15, 0.2) is 0 Å². The normalized spacial score (nSPS) is 15.7. The summed E-state index contributed by atoms with van der Waals surface area (Å²) in [6, 6.07) is 2.14. The molecule has 17 heavy (non-hydrogen) atoms. The molecule has 4 heteroatoms. The lowest BCUT2D eigenvalue weighted by Crippen LogP contribution is -2.30. The molecule has 0 saturated heterocycles. The first kappa shape index (κ1) is 11.8. The molecule has 2 rings (SSSR count). The molecule has 0 bridgehead atoms. The Morgan fingerprint density at radius 3 is 2.47 bits per heavy atom. The molecule has 0 spiro atoms. The lowest BCUT2D eigenvalue weighted by atomic mass is 10.1. The average molecular weight is 237 g/mol. The maximum atomic E-state index is 13.7. The molecule has 0 N–H and O–H groups in total. The second-order valence-corrected chi connectivity index (χ2v) is 4.21. The predicted octanol–water partition coefficient (Wildman–Crippen LogP) is 2.93. The molecule has 1 aliphatic heterocycles. The van der Waals surface area contributed by atoms with Crippen molar-refractivity contribution < 1.29 is 13.6 Å². The maximum Gasteiger partial charge on any atom is 0.150 e. The minimum Gasteiger partial charge on any atom is -0.362 e. The summed E-state index contributed by atoms with van der Waals surface area (Å²) in [7, 11) is 0. The molecule has 0 radical (unpaired) electrons. The van der Waals surface area contributed by atoms with E-state index in [1.54, 1.807) is 4.90 Å². The Balaban J connectivity index is 2.39. The molecule has 1 aromatic carbocycles. The lowest BCUT2D eigenvalue weighted by molar-refractivity contribution is 0.112. The van der Waals surface area contributed by atoms with Gasteiger partial charge >= 0.3 is 0 Å². The largest absolute Gasteiger partial charge is 0.362 e. The Morgan fingerprint density at radius 2 is 1.94 bits per heavy atom. The zero-order valence-electron chi connectivity index (χ0n) is 9.54. The Bertz CT molecular complexity index is 459. The average Bonchev–Trinajstić information content (AvgIpc) is 2.28. The number of benzene rings is 1. The third kappa shape index (κ3) is 2.35. The zero-order valence-corrected chi connectivity index (χ0v) is 9.54. The van der Waals surface area contributed by atoms with Gasteiger partial charge in [-0.15, -0.1) is 0 Å². The Kier molecular flexibility index (Phi) is 3.22. The van der Waals surface area contributed by atoms with Crippen LogP contribution in [0.25, 0.3) is 0 Å². The van der Waals surface area contributed by atoms with E-state index in [0.717, 1.165) is 24.1 Å². The van der Waals surface area contributed by atoms with Crippen LogP contribution in [0.2, 0.25) is 0 Å². The van der Waals surface area contributed by atoms with E-state index in [1.165, 1.54) is 0 Å². The molecule has 0 aliphatic carbocycles. The van der Waals surface area contributed by atoms with Crippen LogP contribution in [-0.2, 0) is 0 Å². The number of carbonyl (C=O) groups is 1. The van der Waals surface area contributed by atoms with Crippen LogP contribution in [0, 0.1) is 11.6 Å². The second kappa shape index (κ2) is 4.65. The Morgan fingerprint density at radius 1 is 1.29 bits per heavy atom. The lowest BCUT2D eigenvalue weighted by Gasteiger charge is -2.28. The van der Waals surface area contributed by atoms with E-state index in [0.29, 0.717) is 19.4 Å². The van der Waals surface area contributed by atoms with Crippen molar-refractivity contribution in [2.24, 2.45) is 0 Å². The molecular weight excluding hydrogens is 224 g/mol. The fourth-order valence-electron chi connectivity index (χ4n) is 2.06. The van der Waals surface area contributed by atoms with Crippen LogP contribution >= 0.6 is 0 Å². The fraction of sp³-hybridized carbons (Fsp3) is 0.308. The summed E-state index contributed by atoms with van der Waals surface area (Å²) in [5, 5.41) is 0. The number of hydrogen-bond acceptors (Lipinski definition) is 2. The van der Waals surface area contributed by atoms with Gasteiger partial charge < -0.3 is 4.90 Å². The van der Waals surface area contributed by atoms with Gasteiger partial charge in [0.2, 0.25) is 0 Å². The van der Waals surface area contributed by atoms with Crippen molar-refractivity contribution in [1.82, 2.24) is 0 Å². The third-order valence-corrected chi connectivity index (χ3v) is 2.82. The number of rotatable bonds is 2. The van der Waals surface area contributed by atoms with Crippen molar-refractivity contribution in [3.8, 4) is 0 Å². The molecule has 0 saturated carbocycles. The fourth-order valence-corrected chi connectivity index (χ4v) is 2.06. The maximum absolute atomic E-state index is 13.7. The number of hydrogen-bond donors (Lipinski definition) is 0. The number of anilines is 1. The van der Waals surface area contributed by atoms with Gasteiger partial charge in [0.25, 0.3) is 0 Å². The topological polar surface area (TPSA) is 20.3 Å². The van der Waals surface area contributed by atoms with Crippen LogP contribution in [0.15, 0.2) is 23.8 Å². The summed E-state index contributed by atoms with van der Waals surface area (Å²) in [5.41, 5.74) is 1.07. The molecule has 1 aromatic rings. The van der Waals surface area contributed by atoms with Gasteiger partial charge in [0.05, 0.1) is 0 Å². The molecule has 90 valence electrons. The van der Waals surface area contributed by atoms with Gasteiger partial charge in [-0.3, -0.25) is 4.79 Å². The SMILES string of the molecule is CC1=CCCN(c2c(F)cc(C=O)cc2F)C1. The highest BCUT2D eigenvalue weighted by atomic mass is 19.1. The van der Waals surface area contributed by atoms with Gasteiger partial charge in [-0.2, -0.15) is 0 Å². The van der Waals surface area contributed by atoms with Crippen molar-refractivity contribution in [3.63, 3.8) is 0 Å². The molecule has 1 heterocycles. The first-order valence-electron chi connectivity index (χ1n) is 5.46. The van der Waals surface area contributed by atoms with Crippen LogP contribution < -0.4 is 4.90 Å². The minimum atomic E-state index is -0.679. The van der Waals surface area contributed by atoms with E-state index in [4.69, 9.17) is 0 Å². The first-order valence-corrected chi connectivity index (χ1v) is 5.46. The molecule has 0 atom stereocenters. The number of nitrogens with zero attached hydrogens (tertiary/aromatic N) is 1. The summed E-state index contributed by atoms with van der Waals surface area (Å²) in [4.78, 5) is 12.2. The molecular formula is C13H13F2NO. The molecule has 0 unspecified atom stereocenters. The van der Waals surface area contributed by atoms with Crippen LogP contribution in [0.4, 0.5) is 14.5 Å². The second-order valence-electron chi connectivity index (χ2n) is 4.21. The van der Waals surface area contributed by atoms with Gasteiger partial charge in [-0.1, -0.05) is 11.6 Å². The summed E-state index contributed by atoms with van der Waals surface area (Å²) < 4.78 is 27.5. The van der Waals surface area contributed by atoms with Crippen LogP contribution in [0.5, 0.6) is 0 Å². The number of aldehydes is 1. The third-order valence-electron chi connectivity index (χ3n) is 2.82. The summed E-state index contributed by atoms with van der Waals surface area (Å²) >= 11 is 0. The van der Waals surface area contributed by atoms with E-state index < -0.39 is 11.6 Å². The standard InChI is InChI=1S/C13H13F2NO/c1-9-3-2-4-16(7-9)13-11(14)5-10(8-17)6-12(13)15/h3,5-6,8H,2,4,7H2,1H3. The quantitative estimate of drug-likeness (QED) is 0.582. The number of halogens is 2. The van der Waals surface area contributed by atoms with Crippen LogP contribution in [-0.4, -0.2) is 19.4 Å². The van der Waals surface area contributed by atoms with E-state index in [1.807, 2.05) is 6.92 Å². The van der Waals surface area contributed by atoms with Gasteiger partial charge in [-0.05, 0) is 25.5 Å². The molecule has 0 aromatic heterocycles. The Labute approximate surface area is 98.5 Å². The van der Waals surface area contributed by atoms with Crippen LogP contribution in [0.3, 0.4) is 0 Å². The molecule has 2 nitrogen and oxygen atoms in total. The molecule has 0 fully saturated rings. The monoisotopic (exact) mass is 237 g/mol. The molecule has 0 amide bonds. The van der Waals surface area contributed by atoms with E-state index in [9.17, 15) is 13.6 Å². The number of carbonyl (C=O) groups excluding carboxylic acids is 1. The van der Waals surface area contributed by atoms with E-state index >= 15 is 0 Å². The highest BCUT2D eigenvalue weighted by Crippen LogP contribution is 2.27. The van der Waals surface area contributed by atoms with Crippen molar-refractivity contribution in [2.45, 2.75) is 13.3 Å². The van der Waals surface area contributed by atoms with Crippen molar-refractivity contribution in [2.75, 3.05) is 18.0 Å².